The lowest BCUT2D eigenvalue weighted by Crippen LogP contribution is -2.43. The third-order valence-electron chi connectivity index (χ3n) is 5.53. The van der Waals surface area contributed by atoms with E-state index in [0.717, 1.165) is 22.3 Å². The number of aliphatic hydroxyl groups is 1. The standard InChI is InChI=1S/C23H22N4O6/c1-27-20(17(10-24-27)21(29)25-19(11-28)22(30)31)26-23(32)33-12-18-15-8-4-2-6-13(15)14-7-3-5-9-16(14)18/h2-10,18-19,28H,11-12H2,1H3,(H,25,29)(H,26,32)(H,30,31). The van der Waals surface area contributed by atoms with Crippen molar-refractivity contribution in [1.82, 2.24) is 15.1 Å². The number of fused-ring (bicyclic) bond motifs is 3. The SMILES string of the molecule is Cn1ncc(C(=O)NC(CO)C(=O)O)c1NC(=O)OCC1c2ccccc2-c2ccccc21. The Morgan fingerprint density at radius 2 is 1.70 bits per heavy atom. The Bertz CT molecular complexity index is 1180. The van der Waals surface area contributed by atoms with E-state index < -0.39 is 30.6 Å². The second-order valence-corrected chi connectivity index (χ2v) is 7.53. The van der Waals surface area contributed by atoms with Crippen LogP contribution in [0.2, 0.25) is 0 Å². The average Bonchev–Trinajstić information content (AvgIpc) is 3.33. The van der Waals surface area contributed by atoms with Crippen molar-refractivity contribution in [2.75, 3.05) is 18.5 Å². The van der Waals surface area contributed by atoms with Crippen molar-refractivity contribution < 1.29 is 29.3 Å². The number of aromatic nitrogens is 2. The zero-order chi connectivity index (χ0) is 23.5. The van der Waals surface area contributed by atoms with E-state index in [1.165, 1.54) is 17.9 Å². The molecule has 1 aliphatic rings. The number of rotatable bonds is 7. The maximum atomic E-state index is 12.6. The molecule has 1 unspecified atom stereocenters. The highest BCUT2D eigenvalue weighted by Gasteiger charge is 2.29. The van der Waals surface area contributed by atoms with Crippen LogP contribution in [0.25, 0.3) is 11.1 Å². The molecule has 10 nitrogen and oxygen atoms in total. The summed E-state index contributed by atoms with van der Waals surface area (Å²) in [6, 6.07) is 14.4. The first kappa shape index (κ1) is 22.0. The number of carboxylic acid groups (broad SMARTS) is 1. The van der Waals surface area contributed by atoms with Gasteiger partial charge in [0.15, 0.2) is 6.04 Å². The minimum Gasteiger partial charge on any atom is -0.480 e. The Balaban J connectivity index is 1.46. The van der Waals surface area contributed by atoms with Gasteiger partial charge in [0.05, 0.1) is 12.8 Å². The molecule has 4 rings (SSSR count). The van der Waals surface area contributed by atoms with E-state index in [9.17, 15) is 14.4 Å². The molecule has 170 valence electrons. The van der Waals surface area contributed by atoms with Crippen LogP contribution in [0.5, 0.6) is 0 Å². The third-order valence-corrected chi connectivity index (χ3v) is 5.53. The first-order valence-corrected chi connectivity index (χ1v) is 10.2. The summed E-state index contributed by atoms with van der Waals surface area (Å²) in [5.74, 6) is -2.29. The highest BCUT2D eigenvalue weighted by Crippen LogP contribution is 2.44. The summed E-state index contributed by atoms with van der Waals surface area (Å²) in [5.41, 5.74) is 4.27. The fourth-order valence-electron chi connectivity index (χ4n) is 3.90. The van der Waals surface area contributed by atoms with E-state index in [-0.39, 0.29) is 23.9 Å². The Labute approximate surface area is 188 Å². The van der Waals surface area contributed by atoms with Gasteiger partial charge in [-0.15, -0.1) is 0 Å². The number of carbonyl (C=O) groups excluding carboxylic acids is 2. The number of amides is 2. The van der Waals surface area contributed by atoms with Crippen LogP contribution in [-0.4, -0.2) is 57.2 Å². The van der Waals surface area contributed by atoms with Gasteiger partial charge < -0.3 is 20.3 Å². The van der Waals surface area contributed by atoms with Crippen LogP contribution >= 0.6 is 0 Å². The lowest BCUT2D eigenvalue weighted by atomic mass is 9.98. The molecule has 0 aliphatic heterocycles. The Morgan fingerprint density at radius 1 is 1.09 bits per heavy atom. The van der Waals surface area contributed by atoms with Gasteiger partial charge in [-0.05, 0) is 22.3 Å². The van der Waals surface area contributed by atoms with Crippen LogP contribution in [-0.2, 0) is 16.6 Å². The molecule has 1 aliphatic carbocycles. The summed E-state index contributed by atoms with van der Waals surface area (Å²) in [5, 5.41) is 26.8. The number of hydrogen-bond acceptors (Lipinski definition) is 6. The minimum atomic E-state index is -1.49. The number of carboxylic acids is 1. The highest BCUT2D eigenvalue weighted by atomic mass is 16.5. The third kappa shape index (κ3) is 4.28. The quantitative estimate of drug-likeness (QED) is 0.431. The molecule has 0 fully saturated rings. The number of nitrogens with zero attached hydrogens (tertiary/aromatic N) is 2. The molecule has 4 N–H and O–H groups in total. The molecule has 0 saturated heterocycles. The molecule has 0 radical (unpaired) electrons. The molecule has 10 heteroatoms. The van der Waals surface area contributed by atoms with Crippen molar-refractivity contribution in [3.63, 3.8) is 0 Å². The van der Waals surface area contributed by atoms with Gasteiger partial charge in [0.2, 0.25) is 0 Å². The molecular formula is C23H22N4O6. The number of anilines is 1. The number of carbonyl (C=O) groups is 3. The molecule has 1 atom stereocenters. The predicted octanol–water partition coefficient (Wildman–Crippen LogP) is 1.96. The summed E-state index contributed by atoms with van der Waals surface area (Å²) in [6.07, 6.45) is 0.400. The highest BCUT2D eigenvalue weighted by molar-refractivity contribution is 6.03. The van der Waals surface area contributed by atoms with E-state index in [2.05, 4.69) is 15.7 Å². The summed E-state index contributed by atoms with van der Waals surface area (Å²) < 4.78 is 6.74. The number of aliphatic carboxylic acids is 1. The molecule has 1 heterocycles. The van der Waals surface area contributed by atoms with Gasteiger partial charge in [0.1, 0.15) is 18.0 Å². The van der Waals surface area contributed by atoms with Crippen molar-refractivity contribution in [2.24, 2.45) is 7.05 Å². The first-order valence-electron chi connectivity index (χ1n) is 10.2. The van der Waals surface area contributed by atoms with Crippen molar-refractivity contribution in [1.29, 1.82) is 0 Å². The Kier molecular flexibility index (Phi) is 6.09. The summed E-state index contributed by atoms with van der Waals surface area (Å²) in [4.78, 5) is 36.1. The fraction of sp³-hybridized carbons (Fsp3) is 0.217. The monoisotopic (exact) mass is 450 g/mol. The molecule has 2 aromatic carbocycles. The van der Waals surface area contributed by atoms with Crippen LogP contribution in [0.3, 0.4) is 0 Å². The fourth-order valence-corrected chi connectivity index (χ4v) is 3.90. The van der Waals surface area contributed by atoms with Crippen LogP contribution in [0.1, 0.15) is 27.4 Å². The van der Waals surface area contributed by atoms with Crippen LogP contribution in [0.4, 0.5) is 10.6 Å². The lowest BCUT2D eigenvalue weighted by Gasteiger charge is -2.15. The van der Waals surface area contributed by atoms with Gasteiger partial charge in [-0.3, -0.25) is 14.8 Å². The summed E-state index contributed by atoms with van der Waals surface area (Å²) in [6.45, 7) is -0.693. The topological polar surface area (TPSA) is 143 Å². The van der Waals surface area contributed by atoms with E-state index in [1.54, 1.807) is 0 Å². The first-order chi connectivity index (χ1) is 15.9. The molecule has 1 aromatic heterocycles. The number of nitrogens with one attached hydrogen (secondary N) is 2. The second-order valence-electron chi connectivity index (χ2n) is 7.53. The molecule has 0 saturated carbocycles. The van der Waals surface area contributed by atoms with Crippen LogP contribution < -0.4 is 10.6 Å². The Hall–Kier alpha value is -4.18. The predicted molar refractivity (Wildman–Crippen MR) is 118 cm³/mol. The molecule has 0 spiro atoms. The smallest absolute Gasteiger partial charge is 0.412 e. The van der Waals surface area contributed by atoms with E-state index in [4.69, 9.17) is 14.9 Å². The van der Waals surface area contributed by atoms with Crippen molar-refractivity contribution >= 4 is 23.8 Å². The molecule has 2 amide bonds. The van der Waals surface area contributed by atoms with E-state index in [0.29, 0.717) is 0 Å². The van der Waals surface area contributed by atoms with Gasteiger partial charge in [-0.25, -0.2) is 9.59 Å². The van der Waals surface area contributed by atoms with Crippen LogP contribution in [0, 0.1) is 0 Å². The summed E-state index contributed by atoms with van der Waals surface area (Å²) in [7, 11) is 1.51. The van der Waals surface area contributed by atoms with E-state index >= 15 is 0 Å². The van der Waals surface area contributed by atoms with Crippen LogP contribution in [0.15, 0.2) is 54.7 Å². The van der Waals surface area contributed by atoms with Crippen molar-refractivity contribution in [3.05, 3.63) is 71.4 Å². The largest absolute Gasteiger partial charge is 0.480 e. The van der Waals surface area contributed by atoms with Crippen molar-refractivity contribution in [3.8, 4) is 11.1 Å². The van der Waals surface area contributed by atoms with Crippen molar-refractivity contribution in [2.45, 2.75) is 12.0 Å². The zero-order valence-electron chi connectivity index (χ0n) is 17.7. The number of aliphatic hydroxyl groups excluding tert-OH is 1. The Morgan fingerprint density at radius 3 is 2.27 bits per heavy atom. The van der Waals surface area contributed by atoms with Gasteiger partial charge in [0, 0.05) is 13.0 Å². The lowest BCUT2D eigenvalue weighted by molar-refractivity contribution is -0.140. The average molecular weight is 450 g/mol. The number of hydrogen-bond donors (Lipinski definition) is 4. The van der Waals surface area contributed by atoms with E-state index in [1.807, 2.05) is 48.5 Å². The normalized spacial score (nSPS) is 13.0. The maximum Gasteiger partial charge on any atom is 0.412 e. The maximum absolute atomic E-state index is 12.6. The number of aryl methyl sites for hydroxylation is 1. The number of ether oxygens (including phenoxy) is 1. The summed E-state index contributed by atoms with van der Waals surface area (Å²) >= 11 is 0. The van der Waals surface area contributed by atoms with Gasteiger partial charge in [0.25, 0.3) is 5.91 Å². The molecule has 33 heavy (non-hydrogen) atoms. The molecule has 3 aromatic rings. The minimum absolute atomic E-state index is 0.0341. The van der Waals surface area contributed by atoms with Gasteiger partial charge >= 0.3 is 12.1 Å². The molecular weight excluding hydrogens is 428 g/mol. The van der Waals surface area contributed by atoms with Gasteiger partial charge in [-0.2, -0.15) is 5.10 Å². The second kappa shape index (κ2) is 9.13. The van der Waals surface area contributed by atoms with Gasteiger partial charge in [-0.1, -0.05) is 48.5 Å². The molecule has 0 bridgehead atoms. The zero-order valence-corrected chi connectivity index (χ0v) is 17.7. The number of benzene rings is 2.